The number of halogens is 1. The lowest BCUT2D eigenvalue weighted by Crippen LogP contribution is -2.25. The second-order valence-electron chi connectivity index (χ2n) is 8.20. The van der Waals surface area contributed by atoms with Crippen LogP contribution >= 0.6 is 11.6 Å². The molecule has 1 N–H and O–H groups in total. The van der Waals surface area contributed by atoms with Crippen LogP contribution in [0.1, 0.15) is 40.4 Å². The molecule has 1 unspecified atom stereocenters. The molecule has 160 valence electrons. The number of nitrogens with one attached hydrogen (secondary N) is 1. The average molecular weight is 444 g/mol. The molecule has 0 spiro atoms. The number of anilines is 1. The van der Waals surface area contributed by atoms with Gasteiger partial charge in [-0.25, -0.2) is 9.97 Å². The number of nitrogens with zero attached hydrogens (tertiary/aromatic N) is 4. The number of amides is 1. The molecule has 1 amide bonds. The van der Waals surface area contributed by atoms with Gasteiger partial charge in [-0.15, -0.1) is 0 Å². The number of rotatable bonds is 3. The molecule has 2 aromatic heterocycles. The van der Waals surface area contributed by atoms with Crippen LogP contribution in [0.2, 0.25) is 5.02 Å². The SMILES string of the molecule is Cc1ccc(C2CC(=O)Nc3c2c(-c2ccc(Cl)cc2)nn3-c2nc(C)cc(C)n2)cc1. The zero-order valence-corrected chi connectivity index (χ0v) is 18.8. The molecule has 0 saturated heterocycles. The van der Waals surface area contributed by atoms with Crippen LogP contribution in [0.3, 0.4) is 0 Å². The third-order valence-corrected chi connectivity index (χ3v) is 5.93. The monoisotopic (exact) mass is 443 g/mol. The molecule has 2 aromatic carbocycles. The summed E-state index contributed by atoms with van der Waals surface area (Å²) in [4.78, 5) is 21.9. The summed E-state index contributed by atoms with van der Waals surface area (Å²) in [7, 11) is 0. The van der Waals surface area contributed by atoms with Gasteiger partial charge in [0.25, 0.3) is 5.95 Å². The van der Waals surface area contributed by atoms with Gasteiger partial charge in [-0.3, -0.25) is 4.79 Å². The molecule has 3 heterocycles. The van der Waals surface area contributed by atoms with Gasteiger partial charge in [0.1, 0.15) is 5.82 Å². The zero-order chi connectivity index (χ0) is 22.4. The summed E-state index contributed by atoms with van der Waals surface area (Å²) in [5, 5.41) is 8.60. The third kappa shape index (κ3) is 3.67. The molecule has 1 atom stereocenters. The number of fused-ring (bicyclic) bond motifs is 1. The number of aromatic nitrogens is 4. The van der Waals surface area contributed by atoms with Gasteiger partial charge in [-0.2, -0.15) is 9.78 Å². The normalized spacial score (nSPS) is 15.4. The second-order valence-corrected chi connectivity index (χ2v) is 8.63. The third-order valence-electron chi connectivity index (χ3n) is 5.68. The van der Waals surface area contributed by atoms with Crippen molar-refractivity contribution in [1.82, 2.24) is 19.7 Å². The Bertz CT molecular complexity index is 1310. The van der Waals surface area contributed by atoms with E-state index in [-0.39, 0.29) is 11.8 Å². The number of carbonyl (C=O) groups is 1. The number of aryl methyl sites for hydroxylation is 3. The van der Waals surface area contributed by atoms with E-state index in [9.17, 15) is 4.79 Å². The highest BCUT2D eigenvalue weighted by molar-refractivity contribution is 6.30. The Morgan fingerprint density at radius 3 is 2.28 bits per heavy atom. The molecule has 0 saturated carbocycles. The van der Waals surface area contributed by atoms with Gasteiger partial charge >= 0.3 is 0 Å². The maximum absolute atomic E-state index is 12.8. The van der Waals surface area contributed by atoms with Crippen LogP contribution in [0.25, 0.3) is 17.2 Å². The van der Waals surface area contributed by atoms with Crippen molar-refractivity contribution in [3.05, 3.63) is 87.7 Å². The van der Waals surface area contributed by atoms with Crippen LogP contribution in [0.5, 0.6) is 0 Å². The van der Waals surface area contributed by atoms with Crippen LogP contribution in [-0.4, -0.2) is 25.7 Å². The van der Waals surface area contributed by atoms with E-state index < -0.39 is 0 Å². The van der Waals surface area contributed by atoms with Gasteiger partial charge in [0.2, 0.25) is 5.91 Å². The summed E-state index contributed by atoms with van der Waals surface area (Å²) in [5.74, 6) is 0.853. The average Bonchev–Trinajstić information content (AvgIpc) is 3.13. The van der Waals surface area contributed by atoms with E-state index in [2.05, 4.69) is 46.5 Å². The highest BCUT2D eigenvalue weighted by atomic mass is 35.5. The highest BCUT2D eigenvalue weighted by Crippen LogP contribution is 2.43. The van der Waals surface area contributed by atoms with E-state index in [1.165, 1.54) is 5.56 Å². The fourth-order valence-electron chi connectivity index (χ4n) is 4.20. The highest BCUT2D eigenvalue weighted by Gasteiger charge is 2.35. The molecule has 1 aliphatic rings. The smallest absolute Gasteiger partial charge is 0.252 e. The van der Waals surface area contributed by atoms with Crippen LogP contribution in [0.15, 0.2) is 54.6 Å². The number of hydrogen-bond donors (Lipinski definition) is 1. The first-order chi connectivity index (χ1) is 15.4. The molecule has 0 bridgehead atoms. The van der Waals surface area contributed by atoms with Crippen molar-refractivity contribution in [3.63, 3.8) is 0 Å². The quantitative estimate of drug-likeness (QED) is 0.461. The van der Waals surface area contributed by atoms with Gasteiger partial charge < -0.3 is 5.32 Å². The van der Waals surface area contributed by atoms with E-state index in [1.807, 2.05) is 44.2 Å². The minimum Gasteiger partial charge on any atom is -0.310 e. The Labute approximate surface area is 191 Å². The lowest BCUT2D eigenvalue weighted by Gasteiger charge is -2.24. The van der Waals surface area contributed by atoms with Crippen molar-refractivity contribution in [2.24, 2.45) is 0 Å². The van der Waals surface area contributed by atoms with E-state index in [0.717, 1.165) is 33.8 Å². The fraction of sp³-hybridized carbons (Fsp3) is 0.200. The first-order valence-corrected chi connectivity index (χ1v) is 10.8. The summed E-state index contributed by atoms with van der Waals surface area (Å²) in [5.41, 5.74) is 6.57. The summed E-state index contributed by atoms with van der Waals surface area (Å²) >= 11 is 6.13. The molecular formula is C25H22ClN5O. The molecule has 5 rings (SSSR count). The molecule has 6 nitrogen and oxygen atoms in total. The van der Waals surface area contributed by atoms with Crippen LogP contribution in [0.4, 0.5) is 5.82 Å². The molecule has 7 heteroatoms. The Kier molecular flexibility index (Phi) is 5.02. The van der Waals surface area contributed by atoms with Crippen molar-refractivity contribution in [2.45, 2.75) is 33.1 Å². The van der Waals surface area contributed by atoms with Crippen molar-refractivity contribution < 1.29 is 4.79 Å². The molecule has 0 aliphatic carbocycles. The molecular weight excluding hydrogens is 422 g/mol. The summed E-state index contributed by atoms with van der Waals surface area (Å²) in [6.45, 7) is 5.89. The standard InChI is InChI=1S/C25H22ClN5O/c1-14-4-6-17(7-5-14)20-13-21(32)29-24-22(20)23(18-8-10-19(26)11-9-18)30-31(24)25-27-15(2)12-16(3)28-25/h4-12,20H,13H2,1-3H3,(H,29,32). The minimum atomic E-state index is -0.135. The van der Waals surface area contributed by atoms with E-state index in [4.69, 9.17) is 16.7 Å². The predicted molar refractivity (Wildman–Crippen MR) is 125 cm³/mol. The van der Waals surface area contributed by atoms with Gasteiger partial charge in [0.15, 0.2) is 0 Å². The maximum atomic E-state index is 12.8. The van der Waals surface area contributed by atoms with E-state index >= 15 is 0 Å². The van der Waals surface area contributed by atoms with E-state index in [1.54, 1.807) is 4.68 Å². The largest absolute Gasteiger partial charge is 0.310 e. The molecule has 4 aromatic rings. The summed E-state index contributed by atoms with van der Waals surface area (Å²) in [6.07, 6.45) is 0.343. The lowest BCUT2D eigenvalue weighted by atomic mass is 9.84. The minimum absolute atomic E-state index is 0.0590. The van der Waals surface area contributed by atoms with Gasteiger partial charge in [0.05, 0.1) is 5.69 Å². The van der Waals surface area contributed by atoms with Gasteiger partial charge in [-0.05, 0) is 44.5 Å². The van der Waals surface area contributed by atoms with Crippen molar-refractivity contribution in [1.29, 1.82) is 0 Å². The lowest BCUT2D eigenvalue weighted by molar-refractivity contribution is -0.116. The summed E-state index contributed by atoms with van der Waals surface area (Å²) < 4.78 is 1.65. The van der Waals surface area contributed by atoms with E-state index in [0.29, 0.717) is 23.2 Å². The van der Waals surface area contributed by atoms with Crippen molar-refractivity contribution >= 4 is 23.3 Å². The Hall–Kier alpha value is -3.51. The van der Waals surface area contributed by atoms with Crippen molar-refractivity contribution in [3.8, 4) is 17.2 Å². The molecule has 1 aliphatic heterocycles. The van der Waals surface area contributed by atoms with Crippen LogP contribution < -0.4 is 5.32 Å². The Balaban J connectivity index is 1.78. The van der Waals surface area contributed by atoms with Crippen molar-refractivity contribution in [2.75, 3.05) is 5.32 Å². The van der Waals surface area contributed by atoms with Gasteiger partial charge in [-0.1, -0.05) is 53.6 Å². The van der Waals surface area contributed by atoms with Crippen LogP contribution in [-0.2, 0) is 4.79 Å². The molecule has 0 fully saturated rings. The topological polar surface area (TPSA) is 72.7 Å². The first-order valence-electron chi connectivity index (χ1n) is 10.5. The Morgan fingerprint density at radius 2 is 1.62 bits per heavy atom. The summed E-state index contributed by atoms with van der Waals surface area (Å²) in [6, 6.07) is 17.8. The number of benzene rings is 2. The Morgan fingerprint density at radius 1 is 0.969 bits per heavy atom. The molecule has 0 radical (unpaired) electrons. The van der Waals surface area contributed by atoms with Gasteiger partial charge in [0, 0.05) is 39.9 Å². The predicted octanol–water partition coefficient (Wildman–Crippen LogP) is 5.38. The second kappa shape index (κ2) is 7.88. The fourth-order valence-corrected chi connectivity index (χ4v) is 4.33. The molecule has 32 heavy (non-hydrogen) atoms. The first kappa shape index (κ1) is 20.4. The number of carbonyl (C=O) groups excluding carboxylic acids is 1. The number of hydrogen-bond acceptors (Lipinski definition) is 4. The zero-order valence-electron chi connectivity index (χ0n) is 18.1. The van der Waals surface area contributed by atoms with Crippen LogP contribution in [0, 0.1) is 20.8 Å². The maximum Gasteiger partial charge on any atom is 0.252 e.